The second kappa shape index (κ2) is 7.53. The fraction of sp³-hybridized carbons (Fsp3) is 0.692. The molecule has 2 N–H and O–H groups in total. The third-order valence-electron chi connectivity index (χ3n) is 3.00. The van der Waals surface area contributed by atoms with E-state index in [1.807, 2.05) is 11.8 Å². The van der Waals surface area contributed by atoms with Gasteiger partial charge < -0.3 is 15.1 Å². The number of nitrogens with zero attached hydrogens (tertiary/aromatic N) is 3. The van der Waals surface area contributed by atoms with Crippen molar-refractivity contribution in [3.05, 3.63) is 17.8 Å². The second-order valence-electron chi connectivity index (χ2n) is 5.64. The average Bonchev–Trinajstić information content (AvgIpc) is 2.86. The summed E-state index contributed by atoms with van der Waals surface area (Å²) in [6.45, 7) is 8.64. The molecule has 1 aromatic heterocycles. The van der Waals surface area contributed by atoms with Crippen LogP contribution < -0.4 is 5.73 Å². The van der Waals surface area contributed by atoms with Gasteiger partial charge in [0.25, 0.3) is 0 Å². The summed E-state index contributed by atoms with van der Waals surface area (Å²) in [5, 5.41) is 0. The van der Waals surface area contributed by atoms with Crippen LogP contribution in [-0.2, 0) is 12.0 Å². The van der Waals surface area contributed by atoms with Crippen LogP contribution in [0.5, 0.6) is 0 Å². The van der Waals surface area contributed by atoms with Crippen LogP contribution in [0.4, 0.5) is 0 Å². The molecule has 0 atom stereocenters. The Morgan fingerprint density at radius 1 is 1.45 bits per heavy atom. The summed E-state index contributed by atoms with van der Waals surface area (Å²) < 4.78 is 5.69. The minimum absolute atomic E-state index is 0. The number of hydrogen-bond donors (Lipinski definition) is 1. The van der Waals surface area contributed by atoms with E-state index in [4.69, 9.17) is 10.2 Å². The molecule has 0 saturated carbocycles. The van der Waals surface area contributed by atoms with Gasteiger partial charge >= 0.3 is 0 Å². The first-order valence-corrected chi connectivity index (χ1v) is 7.70. The van der Waals surface area contributed by atoms with Crippen LogP contribution in [0.15, 0.2) is 15.6 Å². The van der Waals surface area contributed by atoms with Crippen molar-refractivity contribution in [2.45, 2.75) is 32.7 Å². The van der Waals surface area contributed by atoms with Crippen molar-refractivity contribution < 1.29 is 4.42 Å². The van der Waals surface area contributed by atoms with E-state index in [1.165, 1.54) is 0 Å². The Morgan fingerprint density at radius 2 is 2.10 bits per heavy atom. The summed E-state index contributed by atoms with van der Waals surface area (Å²) in [7, 11) is 0. The minimum atomic E-state index is -0.0232. The lowest BCUT2D eigenvalue weighted by atomic mass is 9.94. The molecule has 7 heteroatoms. The molecule has 0 spiro atoms. The third-order valence-corrected chi connectivity index (χ3v) is 3.95. The topological polar surface area (TPSA) is 67.7 Å². The van der Waals surface area contributed by atoms with Gasteiger partial charge in [0.2, 0.25) is 5.89 Å². The monoisotopic (exact) mass is 410 g/mol. The fourth-order valence-corrected chi connectivity index (χ4v) is 2.67. The van der Waals surface area contributed by atoms with Gasteiger partial charge in [0, 0.05) is 30.0 Å². The normalized spacial score (nSPS) is 16.9. The van der Waals surface area contributed by atoms with Gasteiger partial charge in [-0.05, 0) is 0 Å². The quantitative estimate of drug-likeness (QED) is 0.461. The zero-order valence-corrected chi connectivity index (χ0v) is 15.4. The highest BCUT2D eigenvalue weighted by atomic mass is 127. The van der Waals surface area contributed by atoms with Crippen LogP contribution in [0.1, 0.15) is 32.4 Å². The Bertz CT molecular complexity index is 449. The van der Waals surface area contributed by atoms with Crippen LogP contribution in [0.3, 0.4) is 0 Å². The summed E-state index contributed by atoms with van der Waals surface area (Å²) in [5.74, 6) is 4.33. The number of thioether (sulfide) groups is 1. The van der Waals surface area contributed by atoms with Crippen LogP contribution in [0.2, 0.25) is 0 Å². The molecule has 20 heavy (non-hydrogen) atoms. The smallest absolute Gasteiger partial charge is 0.216 e. The molecule has 1 aliphatic heterocycles. The zero-order valence-electron chi connectivity index (χ0n) is 12.3. The largest absolute Gasteiger partial charge is 0.443 e. The van der Waals surface area contributed by atoms with Gasteiger partial charge in [0.05, 0.1) is 6.20 Å². The van der Waals surface area contributed by atoms with Crippen molar-refractivity contribution in [1.29, 1.82) is 0 Å². The number of hydrogen-bond acceptors (Lipinski definition) is 4. The Balaban J connectivity index is 0.00000200. The number of guanidine groups is 1. The van der Waals surface area contributed by atoms with Gasteiger partial charge in [-0.2, -0.15) is 11.8 Å². The number of rotatable bonds is 2. The Kier molecular flexibility index (Phi) is 6.63. The molecule has 1 saturated heterocycles. The van der Waals surface area contributed by atoms with Crippen molar-refractivity contribution in [1.82, 2.24) is 9.88 Å². The van der Waals surface area contributed by atoms with Crippen molar-refractivity contribution in [3.63, 3.8) is 0 Å². The highest BCUT2D eigenvalue weighted by Crippen LogP contribution is 2.22. The van der Waals surface area contributed by atoms with E-state index in [0.717, 1.165) is 30.4 Å². The third kappa shape index (κ3) is 4.83. The molecule has 2 rings (SSSR count). The molecule has 1 fully saturated rings. The van der Waals surface area contributed by atoms with E-state index in [-0.39, 0.29) is 29.4 Å². The molecule has 5 nitrogen and oxygen atoms in total. The molecular formula is C13H23IN4OS. The van der Waals surface area contributed by atoms with E-state index >= 15 is 0 Å². The highest BCUT2D eigenvalue weighted by Gasteiger charge is 2.19. The second-order valence-corrected chi connectivity index (χ2v) is 6.87. The molecule has 0 bridgehead atoms. The van der Waals surface area contributed by atoms with Crippen LogP contribution in [-0.4, -0.2) is 40.4 Å². The predicted octanol–water partition coefficient (Wildman–Crippen LogP) is 2.45. The standard InChI is InChI=1S/C13H22N4OS.HI/c1-13(2,3)10-8-15-11(18-10)9-16-12(14)17-4-6-19-7-5-17;/h8H,4-7,9H2,1-3H3,(H2,14,16);1H. The fourth-order valence-electron chi connectivity index (χ4n) is 1.77. The zero-order chi connectivity index (χ0) is 13.9. The van der Waals surface area contributed by atoms with Crippen molar-refractivity contribution in [3.8, 4) is 0 Å². The molecule has 0 radical (unpaired) electrons. The first-order valence-electron chi connectivity index (χ1n) is 6.54. The van der Waals surface area contributed by atoms with Crippen LogP contribution >= 0.6 is 35.7 Å². The summed E-state index contributed by atoms with van der Waals surface area (Å²) in [6.07, 6.45) is 1.78. The van der Waals surface area contributed by atoms with E-state index in [2.05, 4.69) is 35.6 Å². The number of oxazole rings is 1. The molecule has 0 unspecified atom stereocenters. The SMILES string of the molecule is CC(C)(C)c1cnc(CN=C(N)N2CCSCC2)o1.I. The molecule has 2 heterocycles. The molecule has 114 valence electrons. The van der Waals surface area contributed by atoms with Gasteiger partial charge in [0.1, 0.15) is 12.3 Å². The van der Waals surface area contributed by atoms with Crippen molar-refractivity contribution in [2.75, 3.05) is 24.6 Å². The molecule has 0 aliphatic carbocycles. The van der Waals surface area contributed by atoms with Gasteiger partial charge in [-0.15, -0.1) is 24.0 Å². The summed E-state index contributed by atoms with van der Waals surface area (Å²) in [4.78, 5) is 10.7. The predicted molar refractivity (Wildman–Crippen MR) is 94.8 cm³/mol. The maximum absolute atomic E-state index is 5.99. The molecular weight excluding hydrogens is 387 g/mol. The molecule has 0 amide bonds. The number of halogens is 1. The summed E-state index contributed by atoms with van der Waals surface area (Å²) in [6, 6.07) is 0. The number of aliphatic imine (C=N–C) groups is 1. The van der Waals surface area contributed by atoms with E-state index < -0.39 is 0 Å². The van der Waals surface area contributed by atoms with E-state index in [9.17, 15) is 0 Å². The minimum Gasteiger partial charge on any atom is -0.443 e. The Hall–Kier alpha value is -0.440. The Labute approximate surface area is 141 Å². The van der Waals surface area contributed by atoms with Crippen LogP contribution in [0.25, 0.3) is 0 Å². The Morgan fingerprint density at radius 3 is 2.65 bits per heavy atom. The summed E-state index contributed by atoms with van der Waals surface area (Å²) >= 11 is 1.95. The number of aromatic nitrogens is 1. The lowest BCUT2D eigenvalue weighted by Gasteiger charge is -2.27. The molecule has 1 aliphatic rings. The maximum Gasteiger partial charge on any atom is 0.216 e. The maximum atomic E-state index is 5.99. The van der Waals surface area contributed by atoms with Crippen molar-refractivity contribution >= 4 is 41.7 Å². The highest BCUT2D eigenvalue weighted by molar-refractivity contribution is 14.0. The van der Waals surface area contributed by atoms with Gasteiger partial charge in [-0.3, -0.25) is 0 Å². The number of nitrogens with two attached hydrogens (primary N) is 1. The first-order chi connectivity index (χ1) is 8.97. The van der Waals surface area contributed by atoms with Gasteiger partial charge in [-0.25, -0.2) is 9.98 Å². The molecule has 1 aromatic rings. The van der Waals surface area contributed by atoms with Crippen molar-refractivity contribution in [2.24, 2.45) is 10.7 Å². The summed E-state index contributed by atoms with van der Waals surface area (Å²) in [5.41, 5.74) is 5.96. The lowest BCUT2D eigenvalue weighted by molar-refractivity contribution is 0.382. The first kappa shape index (κ1) is 17.6. The molecule has 0 aromatic carbocycles. The average molecular weight is 410 g/mol. The van der Waals surface area contributed by atoms with E-state index in [1.54, 1.807) is 6.20 Å². The van der Waals surface area contributed by atoms with E-state index in [0.29, 0.717) is 18.4 Å². The van der Waals surface area contributed by atoms with Crippen LogP contribution in [0, 0.1) is 0 Å². The van der Waals surface area contributed by atoms with Gasteiger partial charge in [-0.1, -0.05) is 20.8 Å². The lowest BCUT2D eigenvalue weighted by Crippen LogP contribution is -2.42. The van der Waals surface area contributed by atoms with Gasteiger partial charge in [0.15, 0.2) is 5.96 Å².